The molecule has 1 N–H and O–H groups in total. The minimum absolute atomic E-state index is 0.171. The second kappa shape index (κ2) is 5.28. The fourth-order valence-corrected chi connectivity index (χ4v) is 1.39. The molecule has 80 valence electrons. The van der Waals surface area contributed by atoms with Gasteiger partial charge >= 0.3 is 0 Å². The first-order valence-corrected chi connectivity index (χ1v) is 4.62. The van der Waals surface area contributed by atoms with Gasteiger partial charge in [-0.15, -0.1) is 6.42 Å². The number of ether oxygens (including phenoxy) is 2. The molecule has 1 aromatic rings. The highest BCUT2D eigenvalue weighted by atomic mass is 16.5. The van der Waals surface area contributed by atoms with Crippen LogP contribution in [0.4, 0.5) is 0 Å². The molecular weight excluding hydrogens is 190 g/mol. The maximum absolute atomic E-state index is 5.42. The number of benzene rings is 1. The third-order valence-electron chi connectivity index (χ3n) is 2.20. The Bertz CT molecular complexity index is 368. The zero-order chi connectivity index (χ0) is 11.3. The first-order chi connectivity index (χ1) is 7.26. The van der Waals surface area contributed by atoms with Crippen molar-refractivity contribution in [3.05, 3.63) is 23.8 Å². The van der Waals surface area contributed by atoms with Crippen LogP contribution < -0.4 is 14.8 Å². The SMILES string of the molecule is C#CC(NC)c1cc(OC)ccc1OC. The fraction of sp³-hybridized carbons (Fsp3) is 0.333. The lowest BCUT2D eigenvalue weighted by molar-refractivity contribution is 0.396. The second-order valence-electron chi connectivity index (χ2n) is 3.00. The van der Waals surface area contributed by atoms with E-state index in [-0.39, 0.29) is 6.04 Å². The van der Waals surface area contributed by atoms with Gasteiger partial charge in [0.1, 0.15) is 11.5 Å². The third kappa shape index (κ3) is 2.42. The van der Waals surface area contributed by atoms with Crippen molar-refractivity contribution < 1.29 is 9.47 Å². The highest BCUT2D eigenvalue weighted by Gasteiger charge is 2.12. The monoisotopic (exact) mass is 205 g/mol. The molecule has 0 amide bonds. The van der Waals surface area contributed by atoms with E-state index < -0.39 is 0 Å². The molecule has 3 nitrogen and oxygen atoms in total. The van der Waals surface area contributed by atoms with Gasteiger partial charge in [-0.05, 0) is 25.2 Å². The number of nitrogens with one attached hydrogen (secondary N) is 1. The number of terminal acetylenes is 1. The van der Waals surface area contributed by atoms with Crippen molar-refractivity contribution in [3.63, 3.8) is 0 Å². The molecule has 0 aliphatic carbocycles. The molecule has 1 atom stereocenters. The van der Waals surface area contributed by atoms with Crippen LogP contribution in [0.15, 0.2) is 18.2 Å². The molecule has 0 aliphatic rings. The first-order valence-electron chi connectivity index (χ1n) is 4.62. The van der Waals surface area contributed by atoms with Gasteiger partial charge in [0.2, 0.25) is 0 Å². The van der Waals surface area contributed by atoms with Gasteiger partial charge < -0.3 is 14.8 Å². The van der Waals surface area contributed by atoms with Gasteiger partial charge in [0.25, 0.3) is 0 Å². The van der Waals surface area contributed by atoms with Crippen molar-refractivity contribution >= 4 is 0 Å². The third-order valence-corrected chi connectivity index (χ3v) is 2.20. The van der Waals surface area contributed by atoms with Crippen LogP contribution in [0.25, 0.3) is 0 Å². The summed E-state index contributed by atoms with van der Waals surface area (Å²) in [5.41, 5.74) is 0.904. The average molecular weight is 205 g/mol. The summed E-state index contributed by atoms with van der Waals surface area (Å²) >= 11 is 0. The summed E-state index contributed by atoms with van der Waals surface area (Å²) in [6.45, 7) is 0. The Morgan fingerprint density at radius 3 is 2.53 bits per heavy atom. The second-order valence-corrected chi connectivity index (χ2v) is 3.00. The topological polar surface area (TPSA) is 30.5 Å². The van der Waals surface area contributed by atoms with E-state index in [9.17, 15) is 0 Å². The molecule has 0 heterocycles. The van der Waals surface area contributed by atoms with E-state index in [0.29, 0.717) is 0 Å². The molecule has 0 aliphatic heterocycles. The molecule has 0 aromatic heterocycles. The lowest BCUT2D eigenvalue weighted by Crippen LogP contribution is -2.15. The normalized spacial score (nSPS) is 11.6. The van der Waals surface area contributed by atoms with Crippen molar-refractivity contribution in [2.45, 2.75) is 6.04 Å². The zero-order valence-corrected chi connectivity index (χ0v) is 9.20. The van der Waals surface area contributed by atoms with Crippen molar-refractivity contribution in [2.24, 2.45) is 0 Å². The highest BCUT2D eigenvalue weighted by molar-refractivity contribution is 5.44. The summed E-state index contributed by atoms with van der Waals surface area (Å²) in [4.78, 5) is 0. The van der Waals surface area contributed by atoms with E-state index in [1.54, 1.807) is 14.2 Å². The Balaban J connectivity index is 3.17. The summed E-state index contributed by atoms with van der Waals surface area (Å²) in [7, 11) is 5.05. The van der Waals surface area contributed by atoms with Crippen LogP contribution in [0.5, 0.6) is 11.5 Å². The van der Waals surface area contributed by atoms with Crippen LogP contribution >= 0.6 is 0 Å². The molecule has 0 saturated carbocycles. The number of rotatable bonds is 4. The molecule has 1 unspecified atom stereocenters. The quantitative estimate of drug-likeness (QED) is 0.757. The van der Waals surface area contributed by atoms with Gasteiger partial charge in [-0.3, -0.25) is 0 Å². The predicted octanol–water partition coefficient (Wildman–Crippen LogP) is 1.60. The van der Waals surface area contributed by atoms with Crippen molar-refractivity contribution in [1.82, 2.24) is 5.32 Å². The molecule has 3 heteroatoms. The summed E-state index contributed by atoms with van der Waals surface area (Å²) in [6.07, 6.45) is 5.42. The molecule has 0 spiro atoms. The Labute approximate surface area is 90.4 Å². The van der Waals surface area contributed by atoms with Crippen LogP contribution in [-0.4, -0.2) is 21.3 Å². The lowest BCUT2D eigenvalue weighted by Gasteiger charge is -2.15. The van der Waals surface area contributed by atoms with Gasteiger partial charge in [-0.2, -0.15) is 0 Å². The molecular formula is C12H15NO2. The van der Waals surface area contributed by atoms with Crippen LogP contribution in [-0.2, 0) is 0 Å². The standard InChI is InChI=1S/C12H15NO2/c1-5-11(13-2)10-8-9(14-3)6-7-12(10)15-4/h1,6-8,11,13H,2-4H3. The molecule has 1 rings (SSSR count). The Kier molecular flexibility index (Phi) is 4.02. The molecule has 0 saturated heterocycles. The summed E-state index contributed by atoms with van der Waals surface area (Å²) < 4.78 is 10.4. The van der Waals surface area contributed by atoms with Gasteiger partial charge in [-0.25, -0.2) is 0 Å². The van der Waals surface area contributed by atoms with E-state index in [2.05, 4.69) is 11.2 Å². The molecule has 0 fully saturated rings. The first kappa shape index (κ1) is 11.4. The van der Waals surface area contributed by atoms with Crippen molar-refractivity contribution in [1.29, 1.82) is 0 Å². The summed E-state index contributed by atoms with van der Waals surface area (Å²) in [5.74, 6) is 4.17. The maximum Gasteiger partial charge on any atom is 0.124 e. The summed E-state index contributed by atoms with van der Waals surface area (Å²) in [6, 6.07) is 5.39. The molecule has 0 radical (unpaired) electrons. The highest BCUT2D eigenvalue weighted by Crippen LogP contribution is 2.28. The average Bonchev–Trinajstić information content (AvgIpc) is 2.30. The van der Waals surface area contributed by atoms with Crippen molar-refractivity contribution in [3.8, 4) is 23.8 Å². The molecule has 15 heavy (non-hydrogen) atoms. The maximum atomic E-state index is 5.42. The Morgan fingerprint density at radius 1 is 1.33 bits per heavy atom. The van der Waals surface area contributed by atoms with Crippen molar-refractivity contribution in [2.75, 3.05) is 21.3 Å². The van der Waals surface area contributed by atoms with Gasteiger partial charge in [0, 0.05) is 5.56 Å². The lowest BCUT2D eigenvalue weighted by atomic mass is 10.1. The number of hydrogen-bond acceptors (Lipinski definition) is 3. The molecule has 0 bridgehead atoms. The van der Waals surface area contributed by atoms with E-state index in [1.807, 2.05) is 25.2 Å². The van der Waals surface area contributed by atoms with E-state index >= 15 is 0 Å². The zero-order valence-electron chi connectivity index (χ0n) is 9.20. The van der Waals surface area contributed by atoms with Crippen LogP contribution in [0, 0.1) is 12.3 Å². The Hall–Kier alpha value is -1.66. The van der Waals surface area contributed by atoms with Crippen LogP contribution in [0.3, 0.4) is 0 Å². The van der Waals surface area contributed by atoms with E-state index in [0.717, 1.165) is 17.1 Å². The predicted molar refractivity (Wildman–Crippen MR) is 60.2 cm³/mol. The fourth-order valence-electron chi connectivity index (χ4n) is 1.39. The number of methoxy groups -OCH3 is 2. The largest absolute Gasteiger partial charge is 0.497 e. The molecule has 1 aromatic carbocycles. The van der Waals surface area contributed by atoms with E-state index in [4.69, 9.17) is 15.9 Å². The van der Waals surface area contributed by atoms with Gasteiger partial charge in [0.05, 0.1) is 20.3 Å². The minimum atomic E-state index is -0.171. The van der Waals surface area contributed by atoms with E-state index in [1.165, 1.54) is 0 Å². The van der Waals surface area contributed by atoms with Gasteiger partial charge in [-0.1, -0.05) is 5.92 Å². The van der Waals surface area contributed by atoms with Gasteiger partial charge in [0.15, 0.2) is 0 Å². The number of hydrogen-bond donors (Lipinski definition) is 1. The minimum Gasteiger partial charge on any atom is -0.497 e. The van der Waals surface area contributed by atoms with Crippen LogP contribution in [0.2, 0.25) is 0 Å². The Morgan fingerprint density at radius 2 is 2.07 bits per heavy atom. The smallest absolute Gasteiger partial charge is 0.124 e. The van der Waals surface area contributed by atoms with Crippen LogP contribution in [0.1, 0.15) is 11.6 Å². The summed E-state index contributed by atoms with van der Waals surface area (Å²) in [5, 5.41) is 3.02.